The number of morpholine rings is 1. The normalized spacial score (nSPS) is 17.0. The quantitative estimate of drug-likeness (QED) is 0.939. The fraction of sp³-hybridized carbons (Fsp3) is 0.529. The molecule has 0 atom stereocenters. The maximum absolute atomic E-state index is 5.94. The summed E-state index contributed by atoms with van der Waals surface area (Å²) in [5.74, 6) is 0. The van der Waals surface area contributed by atoms with E-state index in [1.54, 1.807) is 0 Å². The Morgan fingerprint density at radius 2 is 2.00 bits per heavy atom. The predicted molar refractivity (Wildman–Crippen MR) is 86.3 cm³/mol. The zero-order chi connectivity index (χ0) is 14.8. The SMILES string of the molecule is CC(C)n1c(CN2CCOCC2)cc2cccc(CN)c21. The monoisotopic (exact) mass is 287 g/mol. The molecule has 1 fully saturated rings. The van der Waals surface area contributed by atoms with Crippen molar-refractivity contribution >= 4 is 10.9 Å². The number of nitrogens with two attached hydrogens (primary N) is 1. The van der Waals surface area contributed by atoms with Crippen LogP contribution in [0.5, 0.6) is 0 Å². The average molecular weight is 287 g/mol. The molecule has 0 unspecified atom stereocenters. The van der Waals surface area contributed by atoms with Crippen molar-refractivity contribution in [3.63, 3.8) is 0 Å². The molecule has 21 heavy (non-hydrogen) atoms. The van der Waals surface area contributed by atoms with Crippen molar-refractivity contribution in [3.05, 3.63) is 35.5 Å². The summed E-state index contributed by atoms with van der Waals surface area (Å²) in [5, 5.41) is 1.30. The highest BCUT2D eigenvalue weighted by molar-refractivity contribution is 5.84. The van der Waals surface area contributed by atoms with Gasteiger partial charge in [-0.3, -0.25) is 4.90 Å². The van der Waals surface area contributed by atoms with Gasteiger partial charge in [-0.05, 0) is 25.5 Å². The Kier molecular flexibility index (Phi) is 4.29. The lowest BCUT2D eigenvalue weighted by molar-refractivity contribution is 0.0331. The summed E-state index contributed by atoms with van der Waals surface area (Å²) in [5.41, 5.74) is 9.85. The van der Waals surface area contributed by atoms with Crippen LogP contribution >= 0.6 is 0 Å². The summed E-state index contributed by atoms with van der Waals surface area (Å²) >= 11 is 0. The van der Waals surface area contributed by atoms with Crippen LogP contribution in [0.25, 0.3) is 10.9 Å². The lowest BCUT2D eigenvalue weighted by Crippen LogP contribution is -2.36. The number of ether oxygens (including phenoxy) is 1. The molecule has 0 radical (unpaired) electrons. The molecule has 1 aromatic heterocycles. The second-order valence-corrected chi connectivity index (χ2v) is 6.05. The summed E-state index contributed by atoms with van der Waals surface area (Å²) < 4.78 is 7.90. The minimum atomic E-state index is 0.436. The van der Waals surface area contributed by atoms with Gasteiger partial charge in [0.2, 0.25) is 0 Å². The minimum absolute atomic E-state index is 0.436. The molecule has 0 aliphatic carbocycles. The Morgan fingerprint density at radius 3 is 2.67 bits per heavy atom. The van der Waals surface area contributed by atoms with Crippen LogP contribution in [0.15, 0.2) is 24.3 Å². The van der Waals surface area contributed by atoms with Gasteiger partial charge in [-0.25, -0.2) is 0 Å². The van der Waals surface area contributed by atoms with Crippen LogP contribution in [0.3, 0.4) is 0 Å². The van der Waals surface area contributed by atoms with Crippen molar-refractivity contribution in [3.8, 4) is 0 Å². The van der Waals surface area contributed by atoms with Gasteiger partial charge in [0.1, 0.15) is 0 Å². The van der Waals surface area contributed by atoms with Gasteiger partial charge in [-0.1, -0.05) is 18.2 Å². The highest BCUT2D eigenvalue weighted by atomic mass is 16.5. The average Bonchev–Trinajstić information content (AvgIpc) is 2.86. The fourth-order valence-corrected chi connectivity index (χ4v) is 3.28. The molecule has 0 bridgehead atoms. The van der Waals surface area contributed by atoms with Gasteiger partial charge < -0.3 is 15.0 Å². The van der Waals surface area contributed by atoms with Crippen LogP contribution < -0.4 is 5.73 Å². The van der Waals surface area contributed by atoms with Crippen LogP contribution in [-0.4, -0.2) is 35.8 Å². The smallest absolute Gasteiger partial charge is 0.0594 e. The number of hydrogen-bond acceptors (Lipinski definition) is 3. The van der Waals surface area contributed by atoms with Gasteiger partial charge in [-0.15, -0.1) is 0 Å². The number of para-hydroxylation sites is 1. The van der Waals surface area contributed by atoms with E-state index in [0.29, 0.717) is 12.6 Å². The van der Waals surface area contributed by atoms with E-state index in [2.05, 4.69) is 47.6 Å². The van der Waals surface area contributed by atoms with Crippen LogP contribution in [0.4, 0.5) is 0 Å². The summed E-state index contributed by atoms with van der Waals surface area (Å²) in [6, 6.07) is 9.19. The molecular formula is C17H25N3O. The van der Waals surface area contributed by atoms with Gasteiger partial charge >= 0.3 is 0 Å². The maximum atomic E-state index is 5.94. The molecule has 3 rings (SSSR count). The van der Waals surface area contributed by atoms with E-state index < -0.39 is 0 Å². The molecule has 1 aromatic carbocycles. The zero-order valence-electron chi connectivity index (χ0n) is 13.0. The minimum Gasteiger partial charge on any atom is -0.379 e. The fourth-order valence-electron chi connectivity index (χ4n) is 3.28. The lowest BCUT2D eigenvalue weighted by atomic mass is 10.1. The molecule has 1 saturated heterocycles. The first kappa shape index (κ1) is 14.6. The molecule has 114 valence electrons. The molecule has 2 heterocycles. The van der Waals surface area contributed by atoms with E-state index in [1.807, 2.05) is 0 Å². The molecular weight excluding hydrogens is 262 g/mol. The number of fused-ring (bicyclic) bond motifs is 1. The highest BCUT2D eigenvalue weighted by Crippen LogP contribution is 2.28. The number of aromatic nitrogens is 1. The number of rotatable bonds is 4. The summed E-state index contributed by atoms with van der Waals surface area (Å²) in [6.07, 6.45) is 0. The van der Waals surface area contributed by atoms with Gasteiger partial charge in [0.15, 0.2) is 0 Å². The van der Waals surface area contributed by atoms with Crippen molar-refractivity contribution in [2.75, 3.05) is 26.3 Å². The van der Waals surface area contributed by atoms with E-state index in [-0.39, 0.29) is 0 Å². The molecule has 0 saturated carbocycles. The molecule has 0 spiro atoms. The van der Waals surface area contributed by atoms with Gasteiger partial charge in [0.05, 0.1) is 18.7 Å². The maximum Gasteiger partial charge on any atom is 0.0594 e. The standard InChI is InChI=1S/C17H25N3O/c1-13(2)20-16(12-19-6-8-21-9-7-19)10-14-4-3-5-15(11-18)17(14)20/h3-5,10,13H,6-9,11-12,18H2,1-2H3. The second kappa shape index (κ2) is 6.18. The van der Waals surface area contributed by atoms with Gasteiger partial charge in [0, 0.05) is 43.3 Å². The lowest BCUT2D eigenvalue weighted by Gasteiger charge is -2.27. The van der Waals surface area contributed by atoms with Crippen molar-refractivity contribution in [1.82, 2.24) is 9.47 Å². The van der Waals surface area contributed by atoms with Crippen molar-refractivity contribution < 1.29 is 4.74 Å². The van der Waals surface area contributed by atoms with E-state index in [1.165, 1.54) is 22.2 Å². The summed E-state index contributed by atoms with van der Waals surface area (Å²) in [6.45, 7) is 9.79. The topological polar surface area (TPSA) is 43.4 Å². The Hall–Kier alpha value is -1.36. The number of hydrogen-bond donors (Lipinski definition) is 1. The third-order valence-electron chi connectivity index (χ3n) is 4.25. The van der Waals surface area contributed by atoms with E-state index in [0.717, 1.165) is 32.8 Å². The molecule has 4 nitrogen and oxygen atoms in total. The first-order chi connectivity index (χ1) is 10.2. The molecule has 1 aliphatic rings. The zero-order valence-corrected chi connectivity index (χ0v) is 13.0. The van der Waals surface area contributed by atoms with E-state index in [4.69, 9.17) is 10.5 Å². The first-order valence-corrected chi connectivity index (χ1v) is 7.82. The van der Waals surface area contributed by atoms with E-state index in [9.17, 15) is 0 Å². The molecule has 2 aromatic rings. The summed E-state index contributed by atoms with van der Waals surface area (Å²) in [4.78, 5) is 2.47. The Morgan fingerprint density at radius 1 is 1.24 bits per heavy atom. The van der Waals surface area contributed by atoms with Gasteiger partial charge in [-0.2, -0.15) is 0 Å². The number of nitrogens with zero attached hydrogens (tertiary/aromatic N) is 2. The van der Waals surface area contributed by atoms with Crippen LogP contribution in [0.1, 0.15) is 31.1 Å². The van der Waals surface area contributed by atoms with Crippen LogP contribution in [-0.2, 0) is 17.8 Å². The largest absolute Gasteiger partial charge is 0.379 e. The Bertz CT molecular complexity index is 612. The third-order valence-corrected chi connectivity index (χ3v) is 4.25. The molecule has 0 amide bonds. The van der Waals surface area contributed by atoms with Crippen molar-refractivity contribution in [2.24, 2.45) is 5.73 Å². The van der Waals surface area contributed by atoms with Crippen molar-refractivity contribution in [1.29, 1.82) is 0 Å². The Labute approximate surface area is 126 Å². The molecule has 2 N–H and O–H groups in total. The third kappa shape index (κ3) is 2.84. The van der Waals surface area contributed by atoms with Gasteiger partial charge in [0.25, 0.3) is 0 Å². The molecule has 4 heteroatoms. The highest BCUT2D eigenvalue weighted by Gasteiger charge is 2.17. The second-order valence-electron chi connectivity index (χ2n) is 6.05. The Balaban J connectivity index is 2.02. The first-order valence-electron chi connectivity index (χ1n) is 7.82. The number of benzene rings is 1. The molecule has 1 aliphatic heterocycles. The summed E-state index contributed by atoms with van der Waals surface area (Å²) in [7, 11) is 0. The predicted octanol–water partition coefficient (Wildman–Crippen LogP) is 2.51. The van der Waals surface area contributed by atoms with Crippen molar-refractivity contribution in [2.45, 2.75) is 33.0 Å². The van der Waals surface area contributed by atoms with Crippen LogP contribution in [0, 0.1) is 0 Å². The van der Waals surface area contributed by atoms with Crippen LogP contribution in [0.2, 0.25) is 0 Å². The van der Waals surface area contributed by atoms with E-state index >= 15 is 0 Å².